The molecule has 0 amide bonds. The monoisotopic (exact) mass is 267 g/mol. The van der Waals surface area contributed by atoms with Crippen molar-refractivity contribution in [3.8, 4) is 0 Å². The Kier molecular flexibility index (Phi) is 3.43. The van der Waals surface area contributed by atoms with Gasteiger partial charge in [-0.1, -0.05) is 0 Å². The van der Waals surface area contributed by atoms with E-state index in [2.05, 4.69) is 16.6 Å². The van der Waals surface area contributed by atoms with E-state index in [-0.39, 0.29) is 0 Å². The van der Waals surface area contributed by atoms with Crippen molar-refractivity contribution in [1.29, 1.82) is 0 Å². The third-order valence-electron chi connectivity index (χ3n) is 4.07. The highest BCUT2D eigenvalue weighted by Crippen LogP contribution is 2.48. The number of ether oxygens (including phenoxy) is 1. The van der Waals surface area contributed by atoms with Gasteiger partial charge in [0, 0.05) is 24.8 Å². The zero-order valence-electron chi connectivity index (χ0n) is 10.8. The summed E-state index contributed by atoms with van der Waals surface area (Å²) >= 11 is 1.52. The van der Waals surface area contributed by atoms with Crippen molar-refractivity contribution in [2.45, 2.75) is 44.6 Å². The number of anilines is 2. The summed E-state index contributed by atoms with van der Waals surface area (Å²) in [6.45, 7) is 4.07. The fourth-order valence-electron chi connectivity index (χ4n) is 2.72. The quantitative estimate of drug-likeness (QED) is 0.880. The molecule has 3 rings (SSSR count). The van der Waals surface area contributed by atoms with Crippen LogP contribution in [0.4, 0.5) is 10.8 Å². The van der Waals surface area contributed by atoms with Gasteiger partial charge in [0.25, 0.3) is 0 Å². The minimum atomic E-state index is 0.478. The van der Waals surface area contributed by atoms with Crippen molar-refractivity contribution in [2.24, 2.45) is 5.92 Å². The van der Waals surface area contributed by atoms with Gasteiger partial charge in [-0.25, -0.2) is 0 Å². The molecule has 0 radical (unpaired) electrons. The molecular formula is C13H21N3OS. The van der Waals surface area contributed by atoms with Crippen LogP contribution >= 0.6 is 11.5 Å². The lowest BCUT2D eigenvalue weighted by atomic mass is 9.93. The molecule has 1 aromatic heterocycles. The van der Waals surface area contributed by atoms with E-state index in [1.165, 1.54) is 34.9 Å². The molecule has 1 aromatic rings. The summed E-state index contributed by atoms with van der Waals surface area (Å²) in [5.41, 5.74) is 7.25. The molecule has 2 heterocycles. The van der Waals surface area contributed by atoms with Crippen molar-refractivity contribution in [2.75, 3.05) is 24.3 Å². The number of hydrogen-bond acceptors (Lipinski definition) is 5. The van der Waals surface area contributed by atoms with Gasteiger partial charge >= 0.3 is 0 Å². The summed E-state index contributed by atoms with van der Waals surface area (Å²) in [6.07, 6.45) is 4.84. The van der Waals surface area contributed by atoms with Crippen LogP contribution in [0.15, 0.2) is 0 Å². The number of nitrogens with two attached hydrogens (primary N) is 1. The van der Waals surface area contributed by atoms with E-state index in [1.807, 2.05) is 0 Å². The summed E-state index contributed by atoms with van der Waals surface area (Å²) < 4.78 is 9.73. The van der Waals surface area contributed by atoms with Crippen molar-refractivity contribution in [3.63, 3.8) is 0 Å². The molecule has 1 aliphatic carbocycles. The predicted octanol–water partition coefficient (Wildman–Crippen LogP) is 2.83. The molecule has 0 aromatic carbocycles. The fourth-order valence-corrected chi connectivity index (χ4v) is 3.62. The molecule has 2 aliphatic rings. The third-order valence-corrected chi connectivity index (χ3v) is 4.88. The molecule has 18 heavy (non-hydrogen) atoms. The van der Waals surface area contributed by atoms with E-state index in [1.54, 1.807) is 0 Å². The van der Waals surface area contributed by atoms with Gasteiger partial charge in [0.1, 0.15) is 10.8 Å². The standard InChI is InChI=1S/C13H21N3OS/c1-8(9-4-6-17-7-5-9)15-13-11(10-2-3-10)12(14)16-18-13/h8-10,15H,2-7H2,1H3,(H2,14,16). The summed E-state index contributed by atoms with van der Waals surface area (Å²) in [4.78, 5) is 0. The van der Waals surface area contributed by atoms with Gasteiger partial charge in [0.15, 0.2) is 0 Å². The Balaban J connectivity index is 1.67. The van der Waals surface area contributed by atoms with Crippen LogP contribution in [-0.4, -0.2) is 23.6 Å². The van der Waals surface area contributed by atoms with Gasteiger partial charge in [0.2, 0.25) is 0 Å². The molecule has 1 unspecified atom stereocenters. The maximum Gasteiger partial charge on any atom is 0.142 e. The highest BCUT2D eigenvalue weighted by molar-refractivity contribution is 7.10. The Bertz CT molecular complexity index is 410. The average molecular weight is 267 g/mol. The molecular weight excluding hydrogens is 246 g/mol. The molecule has 100 valence electrons. The van der Waals surface area contributed by atoms with Crippen LogP contribution in [0.2, 0.25) is 0 Å². The summed E-state index contributed by atoms with van der Waals surface area (Å²) in [5.74, 6) is 2.10. The summed E-state index contributed by atoms with van der Waals surface area (Å²) in [6, 6.07) is 0.478. The molecule has 0 spiro atoms. The van der Waals surface area contributed by atoms with E-state index >= 15 is 0 Å². The molecule has 2 fully saturated rings. The van der Waals surface area contributed by atoms with Gasteiger partial charge in [-0.05, 0) is 56.0 Å². The third kappa shape index (κ3) is 2.47. The molecule has 0 bridgehead atoms. The maximum absolute atomic E-state index is 5.98. The Morgan fingerprint density at radius 1 is 1.33 bits per heavy atom. The number of hydrogen-bond donors (Lipinski definition) is 2. The van der Waals surface area contributed by atoms with Crippen LogP contribution in [0.3, 0.4) is 0 Å². The largest absolute Gasteiger partial charge is 0.383 e. The van der Waals surface area contributed by atoms with Gasteiger partial charge in [-0.3, -0.25) is 0 Å². The molecule has 1 atom stereocenters. The van der Waals surface area contributed by atoms with E-state index in [4.69, 9.17) is 10.5 Å². The Morgan fingerprint density at radius 3 is 2.72 bits per heavy atom. The highest BCUT2D eigenvalue weighted by Gasteiger charge is 2.31. The maximum atomic E-state index is 5.98. The van der Waals surface area contributed by atoms with Crippen LogP contribution in [0.25, 0.3) is 0 Å². The number of rotatable bonds is 4. The first-order valence-corrected chi connectivity index (χ1v) is 7.62. The van der Waals surface area contributed by atoms with Crippen molar-refractivity contribution >= 4 is 22.4 Å². The minimum Gasteiger partial charge on any atom is -0.383 e. The molecule has 3 N–H and O–H groups in total. The van der Waals surface area contributed by atoms with Crippen molar-refractivity contribution in [3.05, 3.63) is 5.56 Å². The smallest absolute Gasteiger partial charge is 0.142 e. The van der Waals surface area contributed by atoms with Crippen molar-refractivity contribution in [1.82, 2.24) is 4.37 Å². The van der Waals surface area contributed by atoms with Crippen molar-refractivity contribution < 1.29 is 4.74 Å². The lowest BCUT2D eigenvalue weighted by Gasteiger charge is -2.28. The lowest BCUT2D eigenvalue weighted by molar-refractivity contribution is 0.0622. The topological polar surface area (TPSA) is 60.2 Å². The Hall–Kier alpha value is -0.810. The van der Waals surface area contributed by atoms with Crippen LogP contribution in [0.5, 0.6) is 0 Å². The minimum absolute atomic E-state index is 0.478. The van der Waals surface area contributed by atoms with Crippen LogP contribution in [-0.2, 0) is 4.74 Å². The molecule has 5 heteroatoms. The zero-order valence-corrected chi connectivity index (χ0v) is 11.6. The van der Waals surface area contributed by atoms with Gasteiger partial charge < -0.3 is 15.8 Å². The number of nitrogen functional groups attached to an aromatic ring is 1. The SMILES string of the molecule is CC(Nc1snc(N)c1C1CC1)C1CCOCC1. The normalized spacial score (nSPS) is 22.9. The van der Waals surface area contributed by atoms with E-state index < -0.39 is 0 Å². The number of nitrogens with one attached hydrogen (secondary N) is 1. The Labute approximate surface area is 112 Å². The van der Waals surface area contributed by atoms with Gasteiger partial charge in [-0.15, -0.1) is 0 Å². The second kappa shape index (κ2) is 5.05. The second-order valence-electron chi connectivity index (χ2n) is 5.47. The second-order valence-corrected chi connectivity index (χ2v) is 6.24. The number of nitrogens with zero attached hydrogens (tertiary/aromatic N) is 1. The Morgan fingerprint density at radius 2 is 2.06 bits per heavy atom. The van der Waals surface area contributed by atoms with E-state index in [0.29, 0.717) is 17.9 Å². The summed E-state index contributed by atoms with van der Waals surface area (Å²) in [7, 11) is 0. The van der Waals surface area contributed by atoms with E-state index in [9.17, 15) is 0 Å². The first-order valence-electron chi connectivity index (χ1n) is 6.85. The van der Waals surface area contributed by atoms with Gasteiger partial charge in [0.05, 0.1) is 0 Å². The van der Waals surface area contributed by atoms with E-state index in [0.717, 1.165) is 31.9 Å². The zero-order chi connectivity index (χ0) is 12.5. The molecule has 4 nitrogen and oxygen atoms in total. The van der Waals surface area contributed by atoms with Gasteiger partial charge in [-0.2, -0.15) is 4.37 Å². The first kappa shape index (κ1) is 12.2. The molecule has 1 aliphatic heterocycles. The highest BCUT2D eigenvalue weighted by atomic mass is 32.1. The predicted molar refractivity (Wildman–Crippen MR) is 75.1 cm³/mol. The first-order chi connectivity index (χ1) is 8.75. The number of aromatic nitrogens is 1. The van der Waals surface area contributed by atoms with Crippen LogP contribution in [0.1, 0.15) is 44.1 Å². The molecule has 1 saturated heterocycles. The fraction of sp³-hybridized carbons (Fsp3) is 0.769. The molecule has 1 saturated carbocycles. The van der Waals surface area contributed by atoms with Crippen LogP contribution in [0, 0.1) is 5.92 Å². The summed E-state index contributed by atoms with van der Waals surface area (Å²) in [5, 5.41) is 4.85. The van der Waals surface area contributed by atoms with Crippen LogP contribution < -0.4 is 11.1 Å². The lowest BCUT2D eigenvalue weighted by Crippen LogP contribution is -2.30. The average Bonchev–Trinajstić information content (AvgIpc) is 3.16.